The van der Waals surface area contributed by atoms with Crippen molar-refractivity contribution >= 4 is 5.91 Å². The number of carbonyl (C=O) groups is 1. The first-order chi connectivity index (χ1) is 8.61. The summed E-state index contributed by atoms with van der Waals surface area (Å²) < 4.78 is 13.3. The third-order valence-corrected chi connectivity index (χ3v) is 3.42. The molecule has 1 aliphatic carbocycles. The molecule has 2 rings (SSSR count). The minimum Gasteiger partial charge on any atom is -0.277 e. The number of halogens is 1. The lowest BCUT2D eigenvalue weighted by molar-refractivity contribution is -0.131. The summed E-state index contributed by atoms with van der Waals surface area (Å²) in [5.74, 6) is 0.378. The number of nitrogens with one attached hydrogen (secondary N) is 1. The molecule has 18 heavy (non-hydrogen) atoms. The molecule has 1 aliphatic rings. The van der Waals surface area contributed by atoms with E-state index in [9.17, 15) is 9.18 Å². The molecule has 1 aromatic carbocycles. The van der Waals surface area contributed by atoms with Gasteiger partial charge in [0, 0.05) is 6.42 Å². The Morgan fingerprint density at radius 2 is 2.28 bits per heavy atom. The first-order valence-corrected chi connectivity index (χ1v) is 6.19. The Balaban J connectivity index is 2.14. The second-order valence-electron chi connectivity index (χ2n) is 4.89. The van der Waals surface area contributed by atoms with Crippen molar-refractivity contribution < 1.29 is 14.0 Å². The zero-order valence-electron chi connectivity index (χ0n) is 10.7. The molecule has 0 heterocycles. The predicted octanol–water partition coefficient (Wildman–Crippen LogP) is 2.70. The van der Waals surface area contributed by atoms with E-state index in [0.29, 0.717) is 17.9 Å². The first kappa shape index (κ1) is 13.0. The fourth-order valence-corrected chi connectivity index (χ4v) is 2.31. The fraction of sp³-hybridized carbons (Fsp3) is 0.500. The molecule has 1 amide bonds. The molecular weight excluding hydrogens is 233 g/mol. The topological polar surface area (TPSA) is 38.3 Å². The maximum absolute atomic E-state index is 13.3. The van der Waals surface area contributed by atoms with Gasteiger partial charge in [0.15, 0.2) is 0 Å². The molecule has 1 unspecified atom stereocenters. The third-order valence-electron chi connectivity index (χ3n) is 3.42. The van der Waals surface area contributed by atoms with Crippen molar-refractivity contribution in [3.8, 4) is 0 Å². The molecule has 1 N–H and O–H groups in total. The van der Waals surface area contributed by atoms with Gasteiger partial charge in [0.25, 0.3) is 0 Å². The second-order valence-corrected chi connectivity index (χ2v) is 4.89. The normalized spacial score (nSPS) is 16.4. The third kappa shape index (κ3) is 3.07. The number of carbonyl (C=O) groups excluding carboxylic acids is 1. The van der Waals surface area contributed by atoms with E-state index in [-0.39, 0.29) is 17.6 Å². The molecule has 3 nitrogen and oxygen atoms in total. The fourth-order valence-electron chi connectivity index (χ4n) is 2.31. The smallest absolute Gasteiger partial charge is 0.244 e. The summed E-state index contributed by atoms with van der Waals surface area (Å²) in [4.78, 5) is 16.2. The molecule has 98 valence electrons. The lowest BCUT2D eigenvalue weighted by Crippen LogP contribution is -2.24. The van der Waals surface area contributed by atoms with Crippen molar-refractivity contribution in [1.29, 1.82) is 0 Å². The monoisotopic (exact) mass is 251 g/mol. The summed E-state index contributed by atoms with van der Waals surface area (Å²) in [6.07, 6.45) is 2.67. The van der Waals surface area contributed by atoms with Crippen LogP contribution in [0.2, 0.25) is 0 Å². The SMILES string of the molecule is CONC(=O)CC(c1ccc(F)c(C)c1)C1CC1. The molecular formula is C14H18FNO2. The average Bonchev–Trinajstić information content (AvgIpc) is 3.14. The van der Waals surface area contributed by atoms with Gasteiger partial charge in [-0.1, -0.05) is 12.1 Å². The molecule has 0 radical (unpaired) electrons. The maximum atomic E-state index is 13.3. The van der Waals surface area contributed by atoms with E-state index in [1.165, 1.54) is 13.2 Å². The van der Waals surface area contributed by atoms with Crippen molar-refractivity contribution in [2.45, 2.75) is 32.1 Å². The Kier molecular flexibility index (Phi) is 3.97. The van der Waals surface area contributed by atoms with Crippen molar-refractivity contribution in [2.75, 3.05) is 7.11 Å². The standard InChI is InChI=1S/C14H18FNO2/c1-9-7-11(5-6-13(9)15)12(10-3-4-10)8-14(17)16-18-2/h5-7,10,12H,3-4,8H2,1-2H3,(H,16,17). The summed E-state index contributed by atoms with van der Waals surface area (Å²) in [7, 11) is 1.42. The number of hydrogen-bond donors (Lipinski definition) is 1. The summed E-state index contributed by atoms with van der Waals surface area (Å²) in [6.45, 7) is 1.75. The lowest BCUT2D eigenvalue weighted by atomic mass is 9.90. The van der Waals surface area contributed by atoms with Crippen LogP contribution in [0.4, 0.5) is 4.39 Å². The zero-order valence-corrected chi connectivity index (χ0v) is 10.7. The van der Waals surface area contributed by atoms with Gasteiger partial charge < -0.3 is 0 Å². The summed E-state index contributed by atoms with van der Waals surface area (Å²) in [5.41, 5.74) is 4.02. The van der Waals surface area contributed by atoms with Gasteiger partial charge in [0.2, 0.25) is 5.91 Å². The van der Waals surface area contributed by atoms with Gasteiger partial charge in [-0.15, -0.1) is 0 Å². The minimum absolute atomic E-state index is 0.128. The Morgan fingerprint density at radius 3 is 2.83 bits per heavy atom. The van der Waals surface area contributed by atoms with E-state index in [2.05, 4.69) is 10.3 Å². The Labute approximate surface area is 106 Å². The Hall–Kier alpha value is -1.42. The van der Waals surface area contributed by atoms with Crippen LogP contribution in [0, 0.1) is 18.7 Å². The van der Waals surface area contributed by atoms with E-state index >= 15 is 0 Å². The highest BCUT2D eigenvalue weighted by atomic mass is 19.1. The maximum Gasteiger partial charge on any atom is 0.244 e. The van der Waals surface area contributed by atoms with E-state index < -0.39 is 0 Å². The number of hydroxylamine groups is 1. The highest BCUT2D eigenvalue weighted by Crippen LogP contribution is 2.44. The van der Waals surface area contributed by atoms with Gasteiger partial charge in [0.1, 0.15) is 5.82 Å². The van der Waals surface area contributed by atoms with E-state index in [1.807, 2.05) is 6.07 Å². The van der Waals surface area contributed by atoms with Gasteiger partial charge >= 0.3 is 0 Å². The van der Waals surface area contributed by atoms with Gasteiger partial charge in [-0.3, -0.25) is 9.63 Å². The van der Waals surface area contributed by atoms with Gasteiger partial charge in [0.05, 0.1) is 7.11 Å². The number of rotatable bonds is 5. The van der Waals surface area contributed by atoms with Crippen molar-refractivity contribution in [1.82, 2.24) is 5.48 Å². The average molecular weight is 251 g/mol. The van der Waals surface area contributed by atoms with Crippen LogP contribution < -0.4 is 5.48 Å². The quantitative estimate of drug-likeness (QED) is 0.817. The van der Waals surface area contributed by atoms with Crippen molar-refractivity contribution in [3.63, 3.8) is 0 Å². The summed E-state index contributed by atoms with van der Waals surface area (Å²) >= 11 is 0. The van der Waals surface area contributed by atoms with Crippen molar-refractivity contribution in [2.24, 2.45) is 5.92 Å². The molecule has 0 spiro atoms. The number of aryl methyl sites for hydroxylation is 1. The van der Waals surface area contributed by atoms with E-state index in [1.54, 1.807) is 13.0 Å². The van der Waals surface area contributed by atoms with Crippen LogP contribution in [0.3, 0.4) is 0 Å². The molecule has 0 saturated heterocycles. The van der Waals surface area contributed by atoms with Crippen LogP contribution in [0.5, 0.6) is 0 Å². The highest BCUT2D eigenvalue weighted by molar-refractivity contribution is 5.75. The predicted molar refractivity (Wildman–Crippen MR) is 66.4 cm³/mol. The van der Waals surface area contributed by atoms with Crippen molar-refractivity contribution in [3.05, 3.63) is 35.1 Å². The summed E-state index contributed by atoms with van der Waals surface area (Å²) in [6, 6.07) is 5.11. The Bertz CT molecular complexity index is 443. The summed E-state index contributed by atoms with van der Waals surface area (Å²) in [5, 5.41) is 0. The molecule has 0 aromatic heterocycles. The number of amides is 1. The van der Waals surface area contributed by atoms with Gasteiger partial charge in [-0.25, -0.2) is 9.87 Å². The molecule has 1 fully saturated rings. The second kappa shape index (κ2) is 5.48. The van der Waals surface area contributed by atoms with Crippen LogP contribution in [0.15, 0.2) is 18.2 Å². The zero-order chi connectivity index (χ0) is 13.1. The van der Waals surface area contributed by atoms with Crippen LogP contribution >= 0.6 is 0 Å². The van der Waals surface area contributed by atoms with E-state index in [4.69, 9.17) is 0 Å². The number of benzene rings is 1. The molecule has 1 aromatic rings. The molecule has 0 aliphatic heterocycles. The van der Waals surface area contributed by atoms with Crippen LogP contribution in [0.25, 0.3) is 0 Å². The molecule has 1 saturated carbocycles. The van der Waals surface area contributed by atoms with Crippen LogP contribution in [-0.2, 0) is 9.63 Å². The lowest BCUT2D eigenvalue weighted by Gasteiger charge is -2.16. The van der Waals surface area contributed by atoms with Gasteiger partial charge in [-0.05, 0) is 48.8 Å². The molecule has 4 heteroatoms. The largest absolute Gasteiger partial charge is 0.277 e. The van der Waals surface area contributed by atoms with Gasteiger partial charge in [-0.2, -0.15) is 0 Å². The highest BCUT2D eigenvalue weighted by Gasteiger charge is 2.33. The minimum atomic E-state index is -0.199. The van der Waals surface area contributed by atoms with E-state index in [0.717, 1.165) is 18.4 Å². The first-order valence-electron chi connectivity index (χ1n) is 6.19. The number of hydrogen-bond acceptors (Lipinski definition) is 2. The Morgan fingerprint density at radius 1 is 1.56 bits per heavy atom. The van der Waals surface area contributed by atoms with Crippen LogP contribution in [0.1, 0.15) is 36.3 Å². The molecule has 1 atom stereocenters. The van der Waals surface area contributed by atoms with Crippen LogP contribution in [-0.4, -0.2) is 13.0 Å². The molecule has 0 bridgehead atoms.